The van der Waals surface area contributed by atoms with Crippen LogP contribution >= 0.6 is 0 Å². The fourth-order valence-electron chi connectivity index (χ4n) is 4.82. The number of pyridine rings is 1. The summed E-state index contributed by atoms with van der Waals surface area (Å²) in [6.07, 6.45) is 10.9. The second-order valence-electron chi connectivity index (χ2n) is 9.27. The van der Waals surface area contributed by atoms with Gasteiger partial charge in [-0.3, -0.25) is 0 Å². The Morgan fingerprint density at radius 3 is 2.55 bits per heavy atom. The minimum atomic E-state index is -0.986. The molecule has 6 nitrogen and oxygen atoms in total. The Balaban J connectivity index is 1.20. The van der Waals surface area contributed by atoms with Gasteiger partial charge in [0.1, 0.15) is 5.69 Å². The normalized spacial score (nSPS) is 25.1. The Hall–Kier alpha value is -2.54. The standard InChI is InChI=1S/C27H35N3O3/c1-33-14-13-21(15-19-5-3-2-4-6-19)24-16-26(24)30-23-10-8-22(9-11-23)28-17-20-7-12-25(27(31)32)29-18-20/h2-7,12,15,18,22-24,26,28,30H,8-11,13-14,16-17H2,1H3,(H,31,32)/b21-15+/t22-,23-,24-,26+/m0/s1. The highest BCUT2D eigenvalue weighted by Crippen LogP contribution is 2.41. The number of carbonyl (C=O) groups is 1. The molecule has 0 aliphatic heterocycles. The highest BCUT2D eigenvalue weighted by molar-refractivity contribution is 5.85. The maximum Gasteiger partial charge on any atom is 0.354 e. The first kappa shape index (κ1) is 23.6. The van der Waals surface area contributed by atoms with Crippen molar-refractivity contribution in [1.82, 2.24) is 15.6 Å². The monoisotopic (exact) mass is 449 g/mol. The number of aromatic nitrogens is 1. The van der Waals surface area contributed by atoms with Crippen LogP contribution in [0.3, 0.4) is 0 Å². The minimum Gasteiger partial charge on any atom is -0.477 e. The summed E-state index contributed by atoms with van der Waals surface area (Å²) in [6, 6.07) is 15.7. The van der Waals surface area contributed by atoms with Crippen LogP contribution in [0.4, 0.5) is 0 Å². The number of hydrogen-bond donors (Lipinski definition) is 3. The number of rotatable bonds is 11. The molecule has 2 aromatic rings. The van der Waals surface area contributed by atoms with E-state index in [1.54, 1.807) is 19.4 Å². The summed E-state index contributed by atoms with van der Waals surface area (Å²) >= 11 is 0. The lowest BCUT2D eigenvalue weighted by Gasteiger charge is -2.30. The molecule has 4 rings (SSSR count). The van der Waals surface area contributed by atoms with Crippen molar-refractivity contribution in [3.63, 3.8) is 0 Å². The van der Waals surface area contributed by atoms with Gasteiger partial charge in [-0.1, -0.05) is 48.0 Å². The van der Waals surface area contributed by atoms with Gasteiger partial charge in [0.25, 0.3) is 0 Å². The van der Waals surface area contributed by atoms with Crippen molar-refractivity contribution in [2.24, 2.45) is 5.92 Å². The van der Waals surface area contributed by atoms with E-state index in [0.717, 1.165) is 38.0 Å². The summed E-state index contributed by atoms with van der Waals surface area (Å²) in [5, 5.41) is 16.5. The smallest absolute Gasteiger partial charge is 0.354 e. The average Bonchev–Trinajstić information content (AvgIpc) is 3.61. The van der Waals surface area contributed by atoms with E-state index >= 15 is 0 Å². The maximum absolute atomic E-state index is 10.9. The second-order valence-corrected chi connectivity index (χ2v) is 9.27. The van der Waals surface area contributed by atoms with E-state index in [9.17, 15) is 4.79 Å². The number of nitrogens with one attached hydrogen (secondary N) is 2. The van der Waals surface area contributed by atoms with Crippen molar-refractivity contribution in [3.05, 3.63) is 71.1 Å². The van der Waals surface area contributed by atoms with Gasteiger partial charge < -0.3 is 20.5 Å². The van der Waals surface area contributed by atoms with Crippen LogP contribution in [0.15, 0.2) is 54.2 Å². The predicted molar refractivity (Wildman–Crippen MR) is 130 cm³/mol. The zero-order valence-corrected chi connectivity index (χ0v) is 19.4. The molecule has 0 bridgehead atoms. The number of aromatic carboxylic acids is 1. The van der Waals surface area contributed by atoms with Crippen molar-refractivity contribution < 1.29 is 14.6 Å². The van der Waals surface area contributed by atoms with Crippen LogP contribution in [0.25, 0.3) is 6.08 Å². The van der Waals surface area contributed by atoms with E-state index in [0.29, 0.717) is 24.0 Å². The van der Waals surface area contributed by atoms with Crippen molar-refractivity contribution in [1.29, 1.82) is 0 Å². The SMILES string of the molecule is COCC/C(=C\c1ccccc1)[C@@H]1C[C@H]1N[C@H]1CC[C@H](NCc2ccc(C(=O)O)nc2)CC1. The van der Waals surface area contributed by atoms with Crippen LogP contribution in [0, 0.1) is 5.92 Å². The molecule has 2 aliphatic rings. The van der Waals surface area contributed by atoms with Gasteiger partial charge in [0, 0.05) is 44.6 Å². The molecule has 2 fully saturated rings. The van der Waals surface area contributed by atoms with Crippen LogP contribution in [-0.2, 0) is 11.3 Å². The number of carboxylic acids is 1. The topological polar surface area (TPSA) is 83.5 Å². The Bertz CT molecular complexity index is 921. The van der Waals surface area contributed by atoms with Crippen LogP contribution in [0.1, 0.15) is 60.1 Å². The van der Waals surface area contributed by atoms with Crippen LogP contribution < -0.4 is 10.6 Å². The molecule has 6 heteroatoms. The molecule has 176 valence electrons. The maximum atomic E-state index is 10.9. The number of benzene rings is 1. The molecule has 0 unspecified atom stereocenters. The zero-order valence-electron chi connectivity index (χ0n) is 19.4. The second kappa shape index (κ2) is 11.5. The van der Waals surface area contributed by atoms with Gasteiger partial charge in [-0.2, -0.15) is 0 Å². The Kier molecular flexibility index (Phi) is 8.26. The van der Waals surface area contributed by atoms with Crippen LogP contribution in [-0.4, -0.2) is 47.9 Å². The highest BCUT2D eigenvalue weighted by Gasteiger charge is 2.40. The number of ether oxygens (including phenoxy) is 1. The van der Waals surface area contributed by atoms with Gasteiger partial charge in [0.05, 0.1) is 0 Å². The molecule has 2 atom stereocenters. The van der Waals surface area contributed by atoms with Gasteiger partial charge in [-0.15, -0.1) is 0 Å². The van der Waals surface area contributed by atoms with Crippen molar-refractivity contribution in [2.45, 2.75) is 63.2 Å². The fourth-order valence-corrected chi connectivity index (χ4v) is 4.82. The van der Waals surface area contributed by atoms with E-state index in [2.05, 4.69) is 52.0 Å². The Morgan fingerprint density at radius 1 is 1.12 bits per heavy atom. The lowest BCUT2D eigenvalue weighted by molar-refractivity contribution is 0.0690. The van der Waals surface area contributed by atoms with Gasteiger partial charge >= 0.3 is 5.97 Å². The fraction of sp³-hybridized carbons (Fsp3) is 0.481. The molecular formula is C27H35N3O3. The highest BCUT2D eigenvalue weighted by atomic mass is 16.5. The Morgan fingerprint density at radius 2 is 1.88 bits per heavy atom. The summed E-state index contributed by atoms with van der Waals surface area (Å²) in [4.78, 5) is 14.9. The van der Waals surface area contributed by atoms with E-state index in [1.807, 2.05) is 6.07 Å². The van der Waals surface area contributed by atoms with Crippen molar-refractivity contribution in [3.8, 4) is 0 Å². The molecule has 1 aromatic heterocycles. The molecule has 33 heavy (non-hydrogen) atoms. The molecule has 2 saturated carbocycles. The number of methoxy groups -OCH3 is 1. The first-order valence-electron chi connectivity index (χ1n) is 12.0. The molecule has 1 heterocycles. The third-order valence-corrected chi connectivity index (χ3v) is 6.83. The molecule has 3 N–H and O–H groups in total. The van der Waals surface area contributed by atoms with Crippen LogP contribution in [0.5, 0.6) is 0 Å². The Labute approximate surface area is 196 Å². The predicted octanol–water partition coefficient (Wildman–Crippen LogP) is 4.28. The number of carboxylic acid groups (broad SMARTS) is 1. The molecule has 0 radical (unpaired) electrons. The van der Waals surface area contributed by atoms with Gasteiger partial charge in [-0.05, 0) is 61.6 Å². The first-order chi connectivity index (χ1) is 16.1. The lowest BCUT2D eigenvalue weighted by atomic mass is 9.91. The number of hydrogen-bond acceptors (Lipinski definition) is 5. The third kappa shape index (κ3) is 6.97. The third-order valence-electron chi connectivity index (χ3n) is 6.83. The quantitative estimate of drug-likeness (QED) is 0.475. The van der Waals surface area contributed by atoms with Gasteiger partial charge in [0.2, 0.25) is 0 Å². The summed E-state index contributed by atoms with van der Waals surface area (Å²) < 4.78 is 5.36. The van der Waals surface area contributed by atoms with Gasteiger partial charge in [-0.25, -0.2) is 9.78 Å². The molecule has 1 aromatic carbocycles. The minimum absolute atomic E-state index is 0.0905. The summed E-state index contributed by atoms with van der Waals surface area (Å²) in [7, 11) is 1.77. The summed E-state index contributed by atoms with van der Waals surface area (Å²) in [5.74, 6) is -0.364. The molecular weight excluding hydrogens is 414 g/mol. The van der Waals surface area contributed by atoms with Crippen LogP contribution in [0.2, 0.25) is 0 Å². The first-order valence-corrected chi connectivity index (χ1v) is 12.0. The van der Waals surface area contributed by atoms with E-state index in [1.165, 1.54) is 30.4 Å². The van der Waals surface area contributed by atoms with E-state index in [4.69, 9.17) is 9.84 Å². The van der Waals surface area contributed by atoms with Gasteiger partial charge in [0.15, 0.2) is 0 Å². The molecule has 2 aliphatic carbocycles. The summed E-state index contributed by atoms with van der Waals surface area (Å²) in [6.45, 7) is 1.50. The zero-order chi connectivity index (χ0) is 23.0. The summed E-state index contributed by atoms with van der Waals surface area (Å²) in [5.41, 5.74) is 3.88. The average molecular weight is 450 g/mol. The molecule has 0 amide bonds. The van der Waals surface area contributed by atoms with Crippen molar-refractivity contribution >= 4 is 12.0 Å². The molecule has 0 saturated heterocycles. The van der Waals surface area contributed by atoms with Crippen molar-refractivity contribution in [2.75, 3.05) is 13.7 Å². The lowest BCUT2D eigenvalue weighted by Crippen LogP contribution is -2.40. The number of nitrogens with zero attached hydrogens (tertiary/aromatic N) is 1. The van der Waals surface area contributed by atoms with E-state index in [-0.39, 0.29) is 5.69 Å². The largest absolute Gasteiger partial charge is 0.477 e. The van der Waals surface area contributed by atoms with E-state index < -0.39 is 5.97 Å². The molecule has 0 spiro atoms.